The number of rotatable bonds is 6. The average Bonchev–Trinajstić information content (AvgIpc) is 2.80. The quantitative estimate of drug-likeness (QED) is 0.705. The molecule has 0 radical (unpaired) electrons. The zero-order valence-corrected chi connectivity index (χ0v) is 18.7. The zero-order chi connectivity index (χ0) is 23.4. The molecule has 4 rings (SSSR count). The first-order valence-corrected chi connectivity index (χ1v) is 10.9. The largest absolute Gasteiger partial charge is 0.424 e. The lowest BCUT2D eigenvalue weighted by Crippen LogP contribution is -2.48. The highest BCUT2D eigenvalue weighted by molar-refractivity contribution is 5.61. The van der Waals surface area contributed by atoms with Crippen LogP contribution in [0.4, 0.5) is 36.4 Å². The second-order valence-corrected chi connectivity index (χ2v) is 8.44. The van der Waals surface area contributed by atoms with E-state index in [0.29, 0.717) is 29.2 Å². The van der Waals surface area contributed by atoms with Crippen molar-refractivity contribution in [3.63, 3.8) is 0 Å². The third kappa shape index (κ3) is 5.96. The highest BCUT2D eigenvalue weighted by atomic mass is 19.4. The highest BCUT2D eigenvalue weighted by Crippen LogP contribution is 2.29. The van der Waals surface area contributed by atoms with Gasteiger partial charge in [0.05, 0.1) is 5.69 Å². The molecule has 0 bridgehead atoms. The molecule has 9 heteroatoms. The summed E-state index contributed by atoms with van der Waals surface area (Å²) in [6.07, 6.45) is 5.33. The molecule has 1 aromatic heterocycles. The van der Waals surface area contributed by atoms with Crippen molar-refractivity contribution in [3.05, 3.63) is 60.2 Å². The van der Waals surface area contributed by atoms with Crippen molar-refractivity contribution in [2.45, 2.75) is 12.6 Å². The number of nitrogens with one attached hydrogen (secondary N) is 1. The molecule has 1 aliphatic heterocycles. The van der Waals surface area contributed by atoms with Gasteiger partial charge in [-0.1, -0.05) is 30.4 Å². The van der Waals surface area contributed by atoms with E-state index in [0.717, 1.165) is 45.2 Å². The fourth-order valence-electron chi connectivity index (χ4n) is 3.85. The van der Waals surface area contributed by atoms with Crippen LogP contribution < -0.4 is 15.1 Å². The van der Waals surface area contributed by atoms with Gasteiger partial charge >= 0.3 is 6.18 Å². The minimum atomic E-state index is -4.44. The van der Waals surface area contributed by atoms with Crippen molar-refractivity contribution in [1.82, 2.24) is 14.9 Å². The molecule has 0 saturated carbocycles. The Hall–Kier alpha value is -3.25. The second-order valence-electron chi connectivity index (χ2n) is 8.44. The van der Waals surface area contributed by atoms with Gasteiger partial charge in [-0.2, -0.15) is 23.1 Å². The molecular weight excluding hydrogens is 429 g/mol. The van der Waals surface area contributed by atoms with Gasteiger partial charge in [0.2, 0.25) is 5.95 Å². The smallest absolute Gasteiger partial charge is 0.363 e. The van der Waals surface area contributed by atoms with Crippen LogP contribution >= 0.6 is 0 Å². The van der Waals surface area contributed by atoms with Crippen LogP contribution in [0.2, 0.25) is 0 Å². The first kappa shape index (κ1) is 22.9. The standard InChI is InChI=1S/C24H27F3N6/c1-31(2)22-16-21(28-20-10-8-19(9-11-20)24(25,26)27)29-23(30-22)33-14-12-32(13-15-33)17-18-6-4-3-5-7-18/h3-6,8,10,16,18H,7,12-15,17H2,1-2H3,(H,28,29,30). The number of anilines is 4. The average molecular weight is 457 g/mol. The van der Waals surface area contributed by atoms with Crippen LogP contribution in [-0.4, -0.2) is 61.7 Å². The van der Waals surface area contributed by atoms with E-state index >= 15 is 0 Å². The summed E-state index contributed by atoms with van der Waals surface area (Å²) in [7, 11) is 3.77. The molecule has 1 saturated heterocycles. The Bertz CT molecular complexity index is 992. The summed E-state index contributed by atoms with van der Waals surface area (Å²) in [5.41, 5.74) is -0.500. The molecule has 6 nitrogen and oxygen atoms in total. The van der Waals surface area contributed by atoms with E-state index in [-0.39, 0.29) is 0 Å². The van der Waals surface area contributed by atoms with E-state index in [1.54, 1.807) is 6.07 Å². The van der Waals surface area contributed by atoms with E-state index in [1.165, 1.54) is 6.07 Å². The number of allylic oxidation sites excluding steroid dienone is 3. The van der Waals surface area contributed by atoms with E-state index in [1.807, 2.05) is 19.0 Å². The van der Waals surface area contributed by atoms with Gasteiger partial charge < -0.3 is 15.1 Å². The molecule has 0 spiro atoms. The van der Waals surface area contributed by atoms with Gasteiger partial charge in [0.1, 0.15) is 17.2 Å². The Balaban J connectivity index is 1.44. The van der Waals surface area contributed by atoms with Gasteiger partial charge in [0, 0.05) is 52.9 Å². The van der Waals surface area contributed by atoms with Crippen molar-refractivity contribution in [3.8, 4) is 0 Å². The molecule has 1 atom stereocenters. The van der Waals surface area contributed by atoms with Crippen molar-refractivity contribution in [2.75, 3.05) is 61.9 Å². The molecule has 1 N–H and O–H groups in total. The molecule has 1 fully saturated rings. The number of alkyl halides is 3. The van der Waals surface area contributed by atoms with Gasteiger partial charge in [-0.15, -0.1) is 0 Å². The summed E-state index contributed by atoms with van der Waals surface area (Å²) >= 11 is 0. The lowest BCUT2D eigenvalue weighted by molar-refractivity contribution is -0.137. The van der Waals surface area contributed by atoms with Crippen LogP contribution in [0.1, 0.15) is 12.0 Å². The van der Waals surface area contributed by atoms with Crippen molar-refractivity contribution in [2.24, 2.45) is 5.92 Å². The van der Waals surface area contributed by atoms with Gasteiger partial charge in [0.25, 0.3) is 0 Å². The molecule has 2 aliphatic rings. The van der Waals surface area contributed by atoms with Crippen molar-refractivity contribution >= 4 is 23.3 Å². The Morgan fingerprint density at radius 3 is 2.48 bits per heavy atom. The molecule has 0 amide bonds. The maximum absolute atomic E-state index is 12.8. The normalized spacial score (nSPS) is 18.8. The third-order valence-corrected chi connectivity index (χ3v) is 5.69. The van der Waals surface area contributed by atoms with Gasteiger partial charge in [-0.3, -0.25) is 4.90 Å². The number of nitrogens with zero attached hydrogens (tertiary/aromatic N) is 5. The lowest BCUT2D eigenvalue weighted by Gasteiger charge is -2.36. The molecular formula is C24H27F3N6. The maximum atomic E-state index is 12.8. The minimum absolute atomic E-state index is 0.358. The fourth-order valence-corrected chi connectivity index (χ4v) is 3.85. The highest BCUT2D eigenvalue weighted by Gasteiger charge is 2.30. The minimum Gasteiger partial charge on any atom is -0.363 e. The summed E-state index contributed by atoms with van der Waals surface area (Å²) in [5.74, 6) is 2.36. The van der Waals surface area contributed by atoms with Crippen molar-refractivity contribution in [1.29, 1.82) is 0 Å². The monoisotopic (exact) mass is 456 g/mol. The van der Waals surface area contributed by atoms with Gasteiger partial charge in [-0.05, 0) is 30.5 Å². The van der Waals surface area contributed by atoms with Gasteiger partial charge in [-0.25, -0.2) is 0 Å². The Labute approximate surface area is 192 Å². The van der Waals surface area contributed by atoms with Crippen LogP contribution in [0.15, 0.2) is 42.5 Å². The molecule has 2 heterocycles. The molecule has 1 aliphatic carbocycles. The summed E-state index contributed by atoms with van der Waals surface area (Å²) < 4.78 is 38.4. The third-order valence-electron chi connectivity index (χ3n) is 5.69. The first-order valence-electron chi connectivity index (χ1n) is 10.9. The predicted molar refractivity (Wildman–Crippen MR) is 124 cm³/mol. The molecule has 1 unspecified atom stereocenters. The van der Waals surface area contributed by atoms with Crippen LogP contribution in [-0.2, 0) is 6.18 Å². The zero-order valence-electron chi connectivity index (χ0n) is 18.7. The Kier molecular flexibility index (Phi) is 6.75. The number of halogens is 3. The molecule has 1 aromatic carbocycles. The number of hydrogen-bond acceptors (Lipinski definition) is 6. The van der Waals surface area contributed by atoms with E-state index < -0.39 is 11.7 Å². The van der Waals surface area contributed by atoms with Crippen LogP contribution in [0.25, 0.3) is 0 Å². The fraction of sp³-hybridized carbons (Fsp3) is 0.417. The van der Waals surface area contributed by atoms with E-state index in [9.17, 15) is 13.2 Å². The van der Waals surface area contributed by atoms with Crippen LogP contribution in [0.3, 0.4) is 0 Å². The predicted octanol–water partition coefficient (Wildman–Crippen LogP) is 4.16. The number of piperazine rings is 1. The van der Waals surface area contributed by atoms with Gasteiger partial charge in [0.15, 0.2) is 0 Å². The summed E-state index contributed by atoms with van der Waals surface area (Å²) in [6, 6.07) is 8.74. The molecule has 174 valence electrons. The first-order chi connectivity index (χ1) is 15.8. The van der Waals surface area contributed by atoms with Crippen LogP contribution in [0, 0.1) is 18.1 Å². The number of hydrogen-bond donors (Lipinski definition) is 1. The van der Waals surface area contributed by atoms with E-state index in [4.69, 9.17) is 0 Å². The number of aromatic nitrogens is 2. The van der Waals surface area contributed by atoms with Crippen molar-refractivity contribution < 1.29 is 13.2 Å². The maximum Gasteiger partial charge on any atom is 0.424 e. The molecule has 2 aromatic rings. The Morgan fingerprint density at radius 2 is 1.88 bits per heavy atom. The summed E-state index contributed by atoms with van der Waals surface area (Å²) in [4.78, 5) is 15.8. The molecule has 33 heavy (non-hydrogen) atoms. The van der Waals surface area contributed by atoms with E-state index in [2.05, 4.69) is 61.5 Å². The summed E-state index contributed by atoms with van der Waals surface area (Å²) in [5, 5.41) is 3.04. The van der Waals surface area contributed by atoms with Crippen LogP contribution in [0.5, 0.6) is 0 Å². The lowest BCUT2D eigenvalue weighted by atomic mass is 10.00. The Morgan fingerprint density at radius 1 is 1.09 bits per heavy atom. The second kappa shape index (κ2) is 9.71. The SMILES string of the molecule is CN(C)c1cc(Nc2c#cc(C(F)(F)F)cc2)nc(N2CCN(CC3C=CC=CC3)CC2)n1. The topological polar surface area (TPSA) is 47.5 Å². The summed E-state index contributed by atoms with van der Waals surface area (Å²) in [6.45, 7) is 4.51.